The number of likely N-dealkylation sites (N-methyl/N-ethyl adjacent to an activating group) is 1. The molecule has 0 N–H and O–H groups in total. The van der Waals surface area contributed by atoms with Crippen LogP contribution in [0.2, 0.25) is 0 Å². The fourth-order valence-corrected chi connectivity index (χ4v) is 4.67. The minimum absolute atomic E-state index is 0.127. The molecule has 1 spiro atoms. The van der Waals surface area contributed by atoms with Gasteiger partial charge in [0.25, 0.3) is 5.91 Å². The molecule has 5 nitrogen and oxygen atoms in total. The average Bonchev–Trinajstić information content (AvgIpc) is 2.90. The van der Waals surface area contributed by atoms with E-state index in [0.29, 0.717) is 13.1 Å². The van der Waals surface area contributed by atoms with Crippen LogP contribution in [0.25, 0.3) is 0 Å². The molecule has 0 bridgehead atoms. The number of unbranched alkanes of at least 4 members (excludes halogenated alkanes) is 1. The van der Waals surface area contributed by atoms with Crippen molar-refractivity contribution >= 4 is 17.6 Å². The van der Waals surface area contributed by atoms with Crippen molar-refractivity contribution in [3.05, 3.63) is 0 Å². The van der Waals surface area contributed by atoms with E-state index in [4.69, 9.17) is 4.99 Å². The number of rotatable bonds is 5. The van der Waals surface area contributed by atoms with Gasteiger partial charge in [0, 0.05) is 25.4 Å². The quantitative estimate of drug-likeness (QED) is 0.765. The monoisotopic (exact) mass is 347 g/mol. The lowest BCUT2D eigenvalue weighted by atomic mass is 9.85. The maximum atomic E-state index is 13.1. The minimum atomic E-state index is -0.693. The summed E-state index contributed by atoms with van der Waals surface area (Å²) in [5.74, 6) is 1.52. The fraction of sp³-hybridized carbons (Fsp3) is 0.850. The normalized spacial score (nSPS) is 27.9. The first kappa shape index (κ1) is 18.4. The Balaban J connectivity index is 1.75. The molecule has 0 radical (unpaired) electrons. The van der Waals surface area contributed by atoms with Gasteiger partial charge in [0.1, 0.15) is 5.84 Å². The summed E-state index contributed by atoms with van der Waals surface area (Å²) in [6.45, 7) is 6.14. The Bertz CT molecular complexity index is 539. The Hall–Kier alpha value is -1.39. The van der Waals surface area contributed by atoms with Gasteiger partial charge in [0.2, 0.25) is 5.91 Å². The third-order valence-corrected chi connectivity index (χ3v) is 6.10. The van der Waals surface area contributed by atoms with E-state index in [1.165, 1.54) is 6.42 Å². The first-order chi connectivity index (χ1) is 12.1. The Morgan fingerprint density at radius 3 is 2.64 bits per heavy atom. The predicted molar refractivity (Wildman–Crippen MR) is 99.5 cm³/mol. The molecule has 1 unspecified atom stereocenters. The van der Waals surface area contributed by atoms with Crippen molar-refractivity contribution in [1.82, 2.24) is 9.80 Å². The van der Waals surface area contributed by atoms with Crippen LogP contribution >= 0.6 is 0 Å². The smallest absolute Gasteiger partial charge is 0.257 e. The van der Waals surface area contributed by atoms with E-state index < -0.39 is 5.54 Å². The Morgan fingerprint density at radius 2 is 1.96 bits per heavy atom. The number of carbonyl (C=O) groups is 2. The summed E-state index contributed by atoms with van der Waals surface area (Å²) in [7, 11) is 0. The highest BCUT2D eigenvalue weighted by Crippen LogP contribution is 2.35. The van der Waals surface area contributed by atoms with Crippen LogP contribution in [-0.4, -0.2) is 52.6 Å². The third-order valence-electron chi connectivity index (χ3n) is 6.10. The molecule has 2 amide bonds. The van der Waals surface area contributed by atoms with Gasteiger partial charge < -0.3 is 4.90 Å². The van der Waals surface area contributed by atoms with E-state index in [9.17, 15) is 9.59 Å². The van der Waals surface area contributed by atoms with Crippen LogP contribution in [0.4, 0.5) is 0 Å². The molecular weight excluding hydrogens is 314 g/mol. The van der Waals surface area contributed by atoms with Crippen molar-refractivity contribution in [2.75, 3.05) is 19.6 Å². The van der Waals surface area contributed by atoms with Crippen molar-refractivity contribution in [3.8, 4) is 0 Å². The van der Waals surface area contributed by atoms with Crippen LogP contribution in [0.5, 0.6) is 0 Å². The lowest BCUT2D eigenvalue weighted by molar-refractivity contribution is -0.142. The van der Waals surface area contributed by atoms with Crippen LogP contribution in [0.15, 0.2) is 4.99 Å². The Morgan fingerprint density at radius 1 is 1.20 bits per heavy atom. The van der Waals surface area contributed by atoms with Crippen molar-refractivity contribution < 1.29 is 9.59 Å². The summed E-state index contributed by atoms with van der Waals surface area (Å²) in [5.41, 5.74) is -0.693. The second-order valence-electron chi connectivity index (χ2n) is 7.91. The highest BCUT2D eigenvalue weighted by Gasteiger charge is 2.50. The van der Waals surface area contributed by atoms with Crippen LogP contribution < -0.4 is 0 Å². The lowest BCUT2D eigenvalue weighted by Crippen LogP contribution is -2.55. The standard InChI is InChI=1S/C20H33N3O2/c1-3-5-12-17-21-20(19(25)23(17)4-2)13-9-14-22(15-20)18(24)16-10-7-6-8-11-16/h16H,3-15H2,1-2H3. The molecule has 5 heteroatoms. The average molecular weight is 348 g/mol. The SMILES string of the molecule is CCCCC1=NC2(CCCN(C(=O)C3CCCCC3)C2)C(=O)N1CC. The van der Waals surface area contributed by atoms with Crippen LogP contribution in [0.3, 0.4) is 0 Å². The molecule has 1 aliphatic carbocycles. The molecule has 0 aromatic rings. The summed E-state index contributed by atoms with van der Waals surface area (Å²) in [6.07, 6.45) is 10.3. The first-order valence-electron chi connectivity index (χ1n) is 10.3. The molecule has 3 aliphatic rings. The molecule has 0 aromatic carbocycles. The van der Waals surface area contributed by atoms with Gasteiger partial charge in [0.05, 0.1) is 6.54 Å². The van der Waals surface area contributed by atoms with E-state index >= 15 is 0 Å². The van der Waals surface area contributed by atoms with Crippen LogP contribution in [0, 0.1) is 5.92 Å². The number of hydrogen-bond donors (Lipinski definition) is 0. The van der Waals surface area contributed by atoms with E-state index in [0.717, 1.165) is 70.2 Å². The maximum absolute atomic E-state index is 13.1. The molecule has 1 saturated carbocycles. The second kappa shape index (κ2) is 7.88. The zero-order chi connectivity index (χ0) is 17.9. The zero-order valence-electron chi connectivity index (χ0n) is 15.9. The highest BCUT2D eigenvalue weighted by molar-refractivity contribution is 6.08. The molecular formula is C20H33N3O2. The maximum Gasteiger partial charge on any atom is 0.257 e. The van der Waals surface area contributed by atoms with Crippen molar-refractivity contribution in [2.45, 2.75) is 83.6 Å². The molecule has 2 fully saturated rings. The third kappa shape index (κ3) is 3.61. The fourth-order valence-electron chi connectivity index (χ4n) is 4.67. The van der Waals surface area contributed by atoms with Gasteiger partial charge in [-0.25, -0.2) is 0 Å². The number of likely N-dealkylation sites (tertiary alicyclic amines) is 1. The van der Waals surface area contributed by atoms with Crippen molar-refractivity contribution in [2.24, 2.45) is 10.9 Å². The molecule has 2 heterocycles. The first-order valence-corrected chi connectivity index (χ1v) is 10.3. The molecule has 140 valence electrons. The van der Waals surface area contributed by atoms with Crippen molar-refractivity contribution in [3.63, 3.8) is 0 Å². The molecule has 1 atom stereocenters. The number of carbonyl (C=O) groups excluding carboxylic acids is 2. The van der Waals surface area contributed by atoms with Gasteiger partial charge >= 0.3 is 0 Å². The minimum Gasteiger partial charge on any atom is -0.339 e. The Kier molecular flexibility index (Phi) is 5.80. The number of nitrogens with zero attached hydrogens (tertiary/aromatic N) is 3. The zero-order valence-corrected chi connectivity index (χ0v) is 15.9. The van der Waals surface area contributed by atoms with Crippen molar-refractivity contribution in [1.29, 1.82) is 0 Å². The summed E-state index contributed by atoms with van der Waals surface area (Å²) in [4.78, 5) is 34.8. The number of piperidine rings is 1. The lowest BCUT2D eigenvalue weighted by Gasteiger charge is -2.39. The molecule has 1 saturated heterocycles. The summed E-state index contributed by atoms with van der Waals surface area (Å²) in [5, 5.41) is 0. The van der Waals surface area contributed by atoms with E-state index in [-0.39, 0.29) is 17.7 Å². The Labute approximate surface area is 151 Å². The van der Waals surface area contributed by atoms with E-state index in [1.807, 2.05) is 16.7 Å². The van der Waals surface area contributed by atoms with Gasteiger partial charge in [-0.15, -0.1) is 0 Å². The molecule has 25 heavy (non-hydrogen) atoms. The van der Waals surface area contributed by atoms with Crippen LogP contribution in [-0.2, 0) is 9.59 Å². The van der Waals surface area contributed by atoms with E-state index in [2.05, 4.69) is 6.92 Å². The second-order valence-corrected chi connectivity index (χ2v) is 7.91. The van der Waals surface area contributed by atoms with Gasteiger partial charge in [-0.1, -0.05) is 32.6 Å². The van der Waals surface area contributed by atoms with Gasteiger partial charge in [-0.05, 0) is 39.0 Å². The van der Waals surface area contributed by atoms with Gasteiger partial charge in [-0.2, -0.15) is 0 Å². The topological polar surface area (TPSA) is 53.0 Å². The summed E-state index contributed by atoms with van der Waals surface area (Å²) in [6, 6.07) is 0. The predicted octanol–water partition coefficient (Wildman–Crippen LogP) is 3.38. The van der Waals surface area contributed by atoms with Crippen LogP contribution in [0.1, 0.15) is 78.1 Å². The largest absolute Gasteiger partial charge is 0.339 e. The molecule has 2 aliphatic heterocycles. The number of amides is 2. The van der Waals surface area contributed by atoms with Gasteiger partial charge in [0.15, 0.2) is 5.54 Å². The van der Waals surface area contributed by atoms with Gasteiger partial charge in [-0.3, -0.25) is 19.5 Å². The number of aliphatic imine (C=N–C) groups is 1. The highest BCUT2D eigenvalue weighted by atomic mass is 16.2. The molecule has 0 aromatic heterocycles. The summed E-state index contributed by atoms with van der Waals surface area (Å²) < 4.78 is 0. The number of hydrogen-bond acceptors (Lipinski definition) is 3. The number of amidine groups is 1. The van der Waals surface area contributed by atoms with E-state index in [1.54, 1.807) is 0 Å². The summed E-state index contributed by atoms with van der Waals surface area (Å²) >= 11 is 0. The molecule has 3 rings (SSSR count).